The fourth-order valence-corrected chi connectivity index (χ4v) is 1.67. The van der Waals surface area contributed by atoms with E-state index in [0.29, 0.717) is 17.4 Å². The first-order valence-electron chi connectivity index (χ1n) is 5.00. The van der Waals surface area contributed by atoms with Crippen molar-refractivity contribution in [1.29, 1.82) is 0 Å². The lowest BCUT2D eigenvalue weighted by atomic mass is 10.3. The summed E-state index contributed by atoms with van der Waals surface area (Å²) in [5.41, 5.74) is 12.9. The Morgan fingerprint density at radius 1 is 1.50 bits per heavy atom. The van der Waals surface area contributed by atoms with Crippen LogP contribution in [0.4, 0.5) is 17.2 Å². The molecule has 0 aromatic carbocycles. The molecule has 0 spiro atoms. The van der Waals surface area contributed by atoms with Crippen LogP contribution in [0, 0.1) is 0 Å². The van der Waals surface area contributed by atoms with Gasteiger partial charge < -0.3 is 16.4 Å². The zero-order valence-electron chi connectivity index (χ0n) is 8.40. The number of nitrogens with two attached hydrogens (primary N) is 2. The number of anilines is 3. The third-order valence-electron chi connectivity index (χ3n) is 2.60. The molecule has 1 aliphatic rings. The average molecular weight is 192 g/mol. The first-order valence-corrected chi connectivity index (χ1v) is 5.00. The molecule has 76 valence electrons. The van der Waals surface area contributed by atoms with E-state index >= 15 is 0 Å². The standard InChI is InChI=1S/C10H16N4/c1-2-14(7-3-4-7)10-9(12)8(11)5-6-13-10/h5-7H,2-4,12H2,1H3,(H2,11,13). The van der Waals surface area contributed by atoms with Crippen molar-refractivity contribution in [2.75, 3.05) is 22.9 Å². The van der Waals surface area contributed by atoms with Gasteiger partial charge in [0.15, 0.2) is 5.82 Å². The predicted molar refractivity (Wildman–Crippen MR) is 59.1 cm³/mol. The van der Waals surface area contributed by atoms with Crippen molar-refractivity contribution in [2.45, 2.75) is 25.8 Å². The summed E-state index contributed by atoms with van der Waals surface area (Å²) in [6.45, 7) is 3.05. The molecule has 0 unspecified atom stereocenters. The Bertz CT molecular complexity index is 333. The maximum Gasteiger partial charge on any atom is 0.154 e. The first-order chi connectivity index (χ1) is 6.74. The molecule has 4 nitrogen and oxygen atoms in total. The number of nitrogens with zero attached hydrogens (tertiary/aromatic N) is 2. The van der Waals surface area contributed by atoms with E-state index in [9.17, 15) is 0 Å². The van der Waals surface area contributed by atoms with Crippen molar-refractivity contribution in [3.8, 4) is 0 Å². The summed E-state index contributed by atoms with van der Waals surface area (Å²) in [4.78, 5) is 6.52. The van der Waals surface area contributed by atoms with Gasteiger partial charge in [-0.15, -0.1) is 0 Å². The number of hydrogen-bond donors (Lipinski definition) is 2. The molecule has 1 fully saturated rings. The van der Waals surface area contributed by atoms with Gasteiger partial charge in [-0.3, -0.25) is 0 Å². The van der Waals surface area contributed by atoms with Gasteiger partial charge >= 0.3 is 0 Å². The minimum Gasteiger partial charge on any atom is -0.397 e. The minimum atomic E-state index is 0.612. The van der Waals surface area contributed by atoms with E-state index in [-0.39, 0.29) is 0 Å². The molecule has 1 saturated carbocycles. The van der Waals surface area contributed by atoms with Gasteiger partial charge in [0.2, 0.25) is 0 Å². The monoisotopic (exact) mass is 192 g/mol. The van der Waals surface area contributed by atoms with Crippen molar-refractivity contribution >= 4 is 17.2 Å². The van der Waals surface area contributed by atoms with Crippen molar-refractivity contribution < 1.29 is 0 Å². The molecule has 1 aromatic rings. The van der Waals surface area contributed by atoms with Crippen molar-refractivity contribution in [3.63, 3.8) is 0 Å². The summed E-state index contributed by atoms with van der Waals surface area (Å²) in [6, 6.07) is 2.36. The van der Waals surface area contributed by atoms with Crippen LogP contribution in [0.3, 0.4) is 0 Å². The highest BCUT2D eigenvalue weighted by atomic mass is 15.2. The van der Waals surface area contributed by atoms with Crippen LogP contribution in [-0.2, 0) is 0 Å². The fraction of sp³-hybridized carbons (Fsp3) is 0.500. The Morgan fingerprint density at radius 3 is 2.79 bits per heavy atom. The molecular formula is C10H16N4. The maximum atomic E-state index is 5.90. The van der Waals surface area contributed by atoms with Gasteiger partial charge in [0.05, 0.1) is 11.4 Å². The van der Waals surface area contributed by atoms with Crippen LogP contribution < -0.4 is 16.4 Å². The van der Waals surface area contributed by atoms with E-state index in [1.54, 1.807) is 12.3 Å². The van der Waals surface area contributed by atoms with E-state index < -0.39 is 0 Å². The highest BCUT2D eigenvalue weighted by Gasteiger charge is 2.30. The quantitative estimate of drug-likeness (QED) is 0.756. The molecule has 4 heteroatoms. The second kappa shape index (κ2) is 3.36. The van der Waals surface area contributed by atoms with Gasteiger partial charge in [-0.05, 0) is 25.8 Å². The van der Waals surface area contributed by atoms with Crippen LogP contribution in [0.25, 0.3) is 0 Å². The molecule has 1 heterocycles. The summed E-state index contributed by atoms with van der Waals surface area (Å²) in [7, 11) is 0. The molecule has 0 atom stereocenters. The lowest BCUT2D eigenvalue weighted by Crippen LogP contribution is -2.27. The van der Waals surface area contributed by atoms with Crippen molar-refractivity contribution in [1.82, 2.24) is 4.98 Å². The molecule has 14 heavy (non-hydrogen) atoms. The van der Waals surface area contributed by atoms with E-state index in [1.165, 1.54) is 12.8 Å². The van der Waals surface area contributed by atoms with Gasteiger partial charge in [0.1, 0.15) is 0 Å². The summed E-state index contributed by atoms with van der Waals surface area (Å²) >= 11 is 0. The number of aromatic nitrogens is 1. The SMILES string of the molecule is CCN(c1nccc(N)c1N)C1CC1. The Labute approximate surface area is 83.9 Å². The Balaban J connectivity index is 2.33. The second-order valence-corrected chi connectivity index (χ2v) is 3.65. The van der Waals surface area contributed by atoms with E-state index in [0.717, 1.165) is 12.4 Å². The number of pyridine rings is 1. The smallest absolute Gasteiger partial charge is 0.154 e. The highest BCUT2D eigenvalue weighted by Crippen LogP contribution is 2.34. The average Bonchev–Trinajstić information content (AvgIpc) is 2.97. The Kier molecular flexibility index (Phi) is 2.19. The Hall–Kier alpha value is -1.45. The van der Waals surface area contributed by atoms with Gasteiger partial charge in [0.25, 0.3) is 0 Å². The largest absolute Gasteiger partial charge is 0.397 e. The van der Waals surface area contributed by atoms with E-state index in [2.05, 4.69) is 16.8 Å². The number of hydrogen-bond acceptors (Lipinski definition) is 4. The molecule has 0 saturated heterocycles. The predicted octanol–water partition coefficient (Wildman–Crippen LogP) is 1.23. The lowest BCUT2D eigenvalue weighted by Gasteiger charge is -2.23. The summed E-state index contributed by atoms with van der Waals surface area (Å²) in [5.74, 6) is 0.843. The van der Waals surface area contributed by atoms with E-state index in [1.807, 2.05) is 0 Å². The summed E-state index contributed by atoms with van der Waals surface area (Å²) in [5, 5.41) is 0. The summed E-state index contributed by atoms with van der Waals surface area (Å²) in [6.07, 6.45) is 4.19. The van der Waals surface area contributed by atoms with Crippen LogP contribution >= 0.6 is 0 Å². The molecule has 2 rings (SSSR count). The van der Waals surface area contributed by atoms with Gasteiger partial charge in [-0.25, -0.2) is 4.98 Å². The number of rotatable bonds is 3. The third kappa shape index (κ3) is 1.47. The fourth-order valence-electron chi connectivity index (χ4n) is 1.67. The maximum absolute atomic E-state index is 5.90. The number of nitrogen functional groups attached to an aromatic ring is 2. The molecule has 4 N–H and O–H groups in total. The van der Waals surface area contributed by atoms with Crippen LogP contribution in [0.1, 0.15) is 19.8 Å². The van der Waals surface area contributed by atoms with E-state index in [4.69, 9.17) is 11.5 Å². The van der Waals surface area contributed by atoms with Gasteiger partial charge in [-0.2, -0.15) is 0 Å². The molecule has 0 amide bonds. The van der Waals surface area contributed by atoms with Gasteiger partial charge in [0, 0.05) is 18.8 Å². The van der Waals surface area contributed by atoms with Gasteiger partial charge in [-0.1, -0.05) is 0 Å². The van der Waals surface area contributed by atoms with Crippen LogP contribution in [0.2, 0.25) is 0 Å². The lowest BCUT2D eigenvalue weighted by molar-refractivity contribution is 0.810. The van der Waals surface area contributed by atoms with Crippen molar-refractivity contribution in [2.24, 2.45) is 0 Å². The summed E-state index contributed by atoms with van der Waals surface area (Å²) < 4.78 is 0. The van der Waals surface area contributed by atoms with Crippen LogP contribution in [-0.4, -0.2) is 17.6 Å². The zero-order chi connectivity index (χ0) is 10.1. The Morgan fingerprint density at radius 2 is 2.21 bits per heavy atom. The minimum absolute atomic E-state index is 0.612. The topological polar surface area (TPSA) is 68.2 Å². The molecule has 1 aromatic heterocycles. The van der Waals surface area contributed by atoms with Crippen LogP contribution in [0.15, 0.2) is 12.3 Å². The molecule has 0 aliphatic heterocycles. The van der Waals surface area contributed by atoms with Crippen LogP contribution in [0.5, 0.6) is 0 Å². The molecule has 0 radical (unpaired) electrons. The molecule has 0 bridgehead atoms. The molecular weight excluding hydrogens is 176 g/mol. The van der Waals surface area contributed by atoms with Crippen molar-refractivity contribution in [3.05, 3.63) is 12.3 Å². The second-order valence-electron chi connectivity index (χ2n) is 3.65. The normalized spacial score (nSPS) is 15.5. The first kappa shape index (κ1) is 9.12. The third-order valence-corrected chi connectivity index (χ3v) is 2.60. The molecule has 1 aliphatic carbocycles. The highest BCUT2D eigenvalue weighted by molar-refractivity contribution is 5.76. The zero-order valence-corrected chi connectivity index (χ0v) is 8.40.